The van der Waals surface area contributed by atoms with Crippen molar-refractivity contribution < 1.29 is 33.3 Å². The van der Waals surface area contributed by atoms with E-state index in [1.54, 1.807) is 63.5 Å². The first kappa shape index (κ1) is 25.2. The predicted molar refractivity (Wildman–Crippen MR) is 135 cm³/mol. The van der Waals surface area contributed by atoms with Crippen molar-refractivity contribution in [3.63, 3.8) is 0 Å². The highest BCUT2D eigenvalue weighted by atomic mass is 16.5. The molecular formula is C27H32N2O7. The Bertz CT molecular complexity index is 1150. The summed E-state index contributed by atoms with van der Waals surface area (Å²) in [4.78, 5) is 29.6. The van der Waals surface area contributed by atoms with Crippen molar-refractivity contribution in [1.82, 2.24) is 4.90 Å². The van der Waals surface area contributed by atoms with Crippen molar-refractivity contribution in [2.24, 2.45) is 5.92 Å². The number of carbonyl (C=O) groups is 2. The SMILES string of the molecule is COc1ccc(N2C[C@H](C(=O)N3CC=C(c4c(OC)cc(OC)cc4OC)CC3)CC2=O)c(OC)c1. The molecule has 0 radical (unpaired) electrons. The van der Waals surface area contributed by atoms with Crippen LogP contribution < -0.4 is 28.6 Å². The van der Waals surface area contributed by atoms with Crippen LogP contribution in [0.5, 0.6) is 28.7 Å². The molecule has 2 aliphatic heterocycles. The van der Waals surface area contributed by atoms with Gasteiger partial charge in [-0.25, -0.2) is 0 Å². The minimum Gasteiger partial charge on any atom is -0.497 e. The lowest BCUT2D eigenvalue weighted by Crippen LogP contribution is -2.40. The van der Waals surface area contributed by atoms with Crippen LogP contribution >= 0.6 is 0 Å². The molecule has 1 saturated heterocycles. The standard InChI is InChI=1S/C27H32N2O7/c1-32-19-6-7-21(22(13-19)34-3)29-16-18(12-25(29)30)27(31)28-10-8-17(9-11-28)26-23(35-4)14-20(33-2)15-24(26)36-5/h6-8,13-15,18H,9-12,16H2,1-5H3/t18-/m1/s1. The monoisotopic (exact) mass is 496 g/mol. The fraction of sp³-hybridized carbons (Fsp3) is 0.407. The summed E-state index contributed by atoms with van der Waals surface area (Å²) in [5, 5.41) is 0. The summed E-state index contributed by atoms with van der Waals surface area (Å²) in [5.74, 6) is 2.58. The van der Waals surface area contributed by atoms with E-state index < -0.39 is 5.92 Å². The molecule has 4 rings (SSSR count). The van der Waals surface area contributed by atoms with Gasteiger partial charge in [-0.05, 0) is 24.1 Å². The van der Waals surface area contributed by atoms with E-state index in [1.807, 2.05) is 18.2 Å². The molecule has 2 amide bonds. The van der Waals surface area contributed by atoms with E-state index in [0.29, 0.717) is 60.5 Å². The first-order chi connectivity index (χ1) is 17.4. The lowest BCUT2D eigenvalue weighted by atomic mass is 9.96. The van der Waals surface area contributed by atoms with Gasteiger partial charge >= 0.3 is 0 Å². The van der Waals surface area contributed by atoms with Gasteiger partial charge in [-0.3, -0.25) is 9.59 Å². The van der Waals surface area contributed by atoms with Gasteiger partial charge in [-0.2, -0.15) is 0 Å². The molecule has 192 valence electrons. The minimum absolute atomic E-state index is 0.0257. The van der Waals surface area contributed by atoms with Crippen molar-refractivity contribution in [3.05, 3.63) is 42.0 Å². The van der Waals surface area contributed by atoms with Crippen LogP contribution in [0.2, 0.25) is 0 Å². The summed E-state index contributed by atoms with van der Waals surface area (Å²) in [7, 11) is 7.93. The van der Waals surface area contributed by atoms with Gasteiger partial charge in [0.15, 0.2) is 0 Å². The molecule has 0 saturated carbocycles. The Balaban J connectivity index is 1.49. The molecule has 1 fully saturated rings. The maximum Gasteiger partial charge on any atom is 0.228 e. The highest BCUT2D eigenvalue weighted by Gasteiger charge is 2.38. The number of amides is 2. The van der Waals surface area contributed by atoms with Crippen molar-refractivity contribution in [2.75, 3.05) is 60.1 Å². The molecule has 2 aromatic carbocycles. The van der Waals surface area contributed by atoms with Crippen LogP contribution in [0.3, 0.4) is 0 Å². The van der Waals surface area contributed by atoms with Crippen molar-refractivity contribution in [3.8, 4) is 28.7 Å². The predicted octanol–water partition coefficient (Wildman–Crippen LogP) is 3.40. The van der Waals surface area contributed by atoms with E-state index in [4.69, 9.17) is 23.7 Å². The first-order valence-corrected chi connectivity index (χ1v) is 11.7. The summed E-state index contributed by atoms with van der Waals surface area (Å²) in [6.45, 7) is 1.30. The Kier molecular flexibility index (Phi) is 7.57. The van der Waals surface area contributed by atoms with Crippen LogP contribution in [0.4, 0.5) is 5.69 Å². The maximum absolute atomic E-state index is 13.4. The number of hydrogen-bond acceptors (Lipinski definition) is 7. The summed E-state index contributed by atoms with van der Waals surface area (Å²) >= 11 is 0. The first-order valence-electron chi connectivity index (χ1n) is 11.7. The fourth-order valence-electron chi connectivity index (χ4n) is 4.79. The topological polar surface area (TPSA) is 86.8 Å². The second kappa shape index (κ2) is 10.8. The zero-order valence-electron chi connectivity index (χ0n) is 21.3. The number of methoxy groups -OCH3 is 5. The summed E-state index contributed by atoms with van der Waals surface area (Å²) in [5.41, 5.74) is 2.54. The van der Waals surface area contributed by atoms with Gasteiger partial charge in [0.2, 0.25) is 11.8 Å². The average molecular weight is 497 g/mol. The van der Waals surface area contributed by atoms with Crippen LogP contribution in [0.15, 0.2) is 36.4 Å². The molecule has 0 aromatic heterocycles. The Labute approximate surface area is 211 Å². The Hall–Kier alpha value is -3.88. The fourth-order valence-corrected chi connectivity index (χ4v) is 4.79. The smallest absolute Gasteiger partial charge is 0.228 e. The van der Waals surface area contributed by atoms with Gasteiger partial charge in [0.25, 0.3) is 0 Å². The number of nitrogens with zero attached hydrogens (tertiary/aromatic N) is 2. The molecule has 36 heavy (non-hydrogen) atoms. The summed E-state index contributed by atoms with van der Waals surface area (Å²) in [6.07, 6.45) is 2.83. The highest BCUT2D eigenvalue weighted by molar-refractivity contribution is 6.01. The van der Waals surface area contributed by atoms with Gasteiger partial charge in [0, 0.05) is 44.3 Å². The molecule has 0 spiro atoms. The Morgan fingerprint density at radius 1 is 0.861 bits per heavy atom. The molecule has 2 aliphatic rings. The summed E-state index contributed by atoms with van der Waals surface area (Å²) in [6, 6.07) is 8.94. The number of carbonyl (C=O) groups excluding carboxylic acids is 2. The molecule has 0 N–H and O–H groups in total. The minimum atomic E-state index is -0.413. The molecule has 9 nitrogen and oxygen atoms in total. The average Bonchev–Trinajstić information content (AvgIpc) is 3.32. The number of anilines is 1. The second-order valence-electron chi connectivity index (χ2n) is 8.61. The molecule has 9 heteroatoms. The van der Waals surface area contributed by atoms with Crippen LogP contribution in [-0.2, 0) is 9.59 Å². The quantitative estimate of drug-likeness (QED) is 0.554. The normalized spacial score (nSPS) is 17.5. The van der Waals surface area contributed by atoms with Crippen LogP contribution in [0.25, 0.3) is 5.57 Å². The van der Waals surface area contributed by atoms with E-state index in [2.05, 4.69) is 0 Å². The van der Waals surface area contributed by atoms with Gasteiger partial charge in [0.05, 0.1) is 52.7 Å². The van der Waals surface area contributed by atoms with E-state index in [0.717, 1.165) is 11.1 Å². The van der Waals surface area contributed by atoms with Gasteiger partial charge in [0.1, 0.15) is 28.7 Å². The lowest BCUT2D eigenvalue weighted by Gasteiger charge is -2.30. The molecular weight excluding hydrogens is 464 g/mol. The van der Waals surface area contributed by atoms with Gasteiger partial charge < -0.3 is 33.5 Å². The molecule has 2 heterocycles. The van der Waals surface area contributed by atoms with Gasteiger partial charge in [-0.15, -0.1) is 0 Å². The van der Waals surface area contributed by atoms with Crippen molar-refractivity contribution >= 4 is 23.1 Å². The van der Waals surface area contributed by atoms with Crippen molar-refractivity contribution in [1.29, 1.82) is 0 Å². The third-order valence-electron chi connectivity index (χ3n) is 6.71. The van der Waals surface area contributed by atoms with E-state index in [-0.39, 0.29) is 18.2 Å². The van der Waals surface area contributed by atoms with Crippen molar-refractivity contribution in [2.45, 2.75) is 12.8 Å². The Morgan fingerprint density at radius 2 is 1.50 bits per heavy atom. The third-order valence-corrected chi connectivity index (χ3v) is 6.71. The Morgan fingerprint density at radius 3 is 2.06 bits per heavy atom. The zero-order chi connectivity index (χ0) is 25.8. The maximum atomic E-state index is 13.4. The largest absolute Gasteiger partial charge is 0.497 e. The number of benzene rings is 2. The number of rotatable bonds is 8. The third kappa shape index (κ3) is 4.78. The molecule has 0 unspecified atom stereocenters. The summed E-state index contributed by atoms with van der Waals surface area (Å²) < 4.78 is 27.2. The molecule has 1 atom stereocenters. The molecule has 2 aromatic rings. The second-order valence-corrected chi connectivity index (χ2v) is 8.61. The molecule has 0 bridgehead atoms. The van der Waals surface area contributed by atoms with Crippen LogP contribution in [-0.4, -0.2) is 71.9 Å². The zero-order valence-corrected chi connectivity index (χ0v) is 21.3. The van der Waals surface area contributed by atoms with Gasteiger partial charge in [-0.1, -0.05) is 6.08 Å². The number of ether oxygens (including phenoxy) is 5. The molecule has 0 aliphatic carbocycles. The lowest BCUT2D eigenvalue weighted by molar-refractivity contribution is -0.135. The van der Waals surface area contributed by atoms with E-state index >= 15 is 0 Å². The number of hydrogen-bond donors (Lipinski definition) is 0. The van der Waals surface area contributed by atoms with Crippen LogP contribution in [0, 0.1) is 5.92 Å². The van der Waals surface area contributed by atoms with Crippen LogP contribution in [0.1, 0.15) is 18.4 Å². The van der Waals surface area contributed by atoms with E-state index in [9.17, 15) is 9.59 Å². The highest BCUT2D eigenvalue weighted by Crippen LogP contribution is 2.41. The van der Waals surface area contributed by atoms with E-state index in [1.165, 1.54) is 0 Å².